The lowest BCUT2D eigenvalue weighted by atomic mass is 9.95. The van der Waals surface area contributed by atoms with E-state index in [4.69, 9.17) is 5.73 Å². The first-order chi connectivity index (χ1) is 9.24. The molecule has 4 heteroatoms. The van der Waals surface area contributed by atoms with Gasteiger partial charge < -0.3 is 5.73 Å². The lowest BCUT2D eigenvalue weighted by molar-refractivity contribution is 0.165. The second-order valence-electron chi connectivity index (χ2n) is 5.51. The zero-order chi connectivity index (χ0) is 13.2. The smallest absolute Gasteiger partial charge is 0.181 e. The largest absolute Gasteiger partial charge is 0.375 e. The van der Waals surface area contributed by atoms with Crippen molar-refractivity contribution in [3.63, 3.8) is 0 Å². The Hall–Kier alpha value is -1.13. The quantitative estimate of drug-likeness (QED) is 0.932. The first-order valence-corrected chi connectivity index (χ1v) is 7.93. The molecule has 1 saturated heterocycles. The van der Waals surface area contributed by atoms with Gasteiger partial charge in [0.1, 0.15) is 0 Å². The number of piperidine rings is 1. The predicted molar refractivity (Wildman–Crippen MR) is 82.3 cm³/mol. The SMILES string of the molecule is CCC1CCCN(Cc2ccc3nc(N)sc3c2)C1. The van der Waals surface area contributed by atoms with Crippen LogP contribution in [0.5, 0.6) is 0 Å². The fourth-order valence-corrected chi connectivity index (χ4v) is 3.77. The van der Waals surface area contributed by atoms with Crippen molar-refractivity contribution in [3.8, 4) is 0 Å². The number of likely N-dealkylation sites (tertiary alicyclic amines) is 1. The van der Waals surface area contributed by atoms with E-state index in [0.717, 1.165) is 18.0 Å². The van der Waals surface area contributed by atoms with Gasteiger partial charge in [0, 0.05) is 13.1 Å². The Morgan fingerprint density at radius 2 is 2.37 bits per heavy atom. The number of rotatable bonds is 3. The van der Waals surface area contributed by atoms with Gasteiger partial charge in [0.2, 0.25) is 0 Å². The van der Waals surface area contributed by atoms with Crippen molar-refractivity contribution in [2.24, 2.45) is 5.92 Å². The Labute approximate surface area is 118 Å². The van der Waals surface area contributed by atoms with E-state index in [9.17, 15) is 0 Å². The molecular formula is C15H21N3S. The molecule has 2 heterocycles. The Morgan fingerprint density at radius 3 is 3.21 bits per heavy atom. The van der Waals surface area contributed by atoms with Crippen LogP contribution in [0.15, 0.2) is 18.2 Å². The van der Waals surface area contributed by atoms with Crippen LogP contribution in [-0.4, -0.2) is 23.0 Å². The van der Waals surface area contributed by atoms with Gasteiger partial charge in [0.15, 0.2) is 5.13 Å². The van der Waals surface area contributed by atoms with Gasteiger partial charge >= 0.3 is 0 Å². The van der Waals surface area contributed by atoms with Crippen LogP contribution in [0.1, 0.15) is 31.7 Å². The van der Waals surface area contributed by atoms with Crippen molar-refractivity contribution in [3.05, 3.63) is 23.8 Å². The molecule has 0 spiro atoms. The molecule has 1 aromatic carbocycles. The molecule has 1 aromatic heterocycles. The zero-order valence-corrected chi connectivity index (χ0v) is 12.2. The maximum Gasteiger partial charge on any atom is 0.181 e. The zero-order valence-electron chi connectivity index (χ0n) is 11.4. The fourth-order valence-electron chi connectivity index (χ4n) is 2.97. The second kappa shape index (κ2) is 5.47. The maximum atomic E-state index is 5.76. The summed E-state index contributed by atoms with van der Waals surface area (Å²) in [5, 5.41) is 0.663. The number of hydrogen-bond acceptors (Lipinski definition) is 4. The van der Waals surface area contributed by atoms with Crippen LogP contribution < -0.4 is 5.73 Å². The normalized spacial score (nSPS) is 21.0. The number of nitrogen functional groups attached to an aromatic ring is 1. The van der Waals surface area contributed by atoms with Crippen LogP contribution >= 0.6 is 11.3 Å². The molecule has 0 radical (unpaired) electrons. The van der Waals surface area contributed by atoms with Crippen molar-refractivity contribution in [2.45, 2.75) is 32.7 Å². The average molecular weight is 275 g/mol. The Kier molecular flexibility index (Phi) is 3.71. The molecule has 0 aliphatic carbocycles. The molecule has 1 aliphatic rings. The third kappa shape index (κ3) is 2.90. The van der Waals surface area contributed by atoms with Crippen LogP contribution in [0.4, 0.5) is 5.13 Å². The number of fused-ring (bicyclic) bond motifs is 1. The lowest BCUT2D eigenvalue weighted by Gasteiger charge is -2.32. The van der Waals surface area contributed by atoms with Gasteiger partial charge in [-0.05, 0) is 43.0 Å². The predicted octanol–water partition coefficient (Wildman–Crippen LogP) is 3.50. The minimum Gasteiger partial charge on any atom is -0.375 e. The highest BCUT2D eigenvalue weighted by Gasteiger charge is 2.18. The number of hydrogen-bond donors (Lipinski definition) is 1. The van der Waals surface area contributed by atoms with Gasteiger partial charge in [-0.15, -0.1) is 0 Å². The van der Waals surface area contributed by atoms with E-state index in [1.807, 2.05) is 0 Å². The van der Waals surface area contributed by atoms with E-state index in [0.29, 0.717) is 5.13 Å². The molecule has 2 aromatic rings. The monoisotopic (exact) mass is 275 g/mol. The minimum absolute atomic E-state index is 0.663. The number of anilines is 1. The summed E-state index contributed by atoms with van der Waals surface area (Å²) in [4.78, 5) is 6.90. The molecule has 1 atom stereocenters. The topological polar surface area (TPSA) is 42.2 Å². The minimum atomic E-state index is 0.663. The third-order valence-corrected chi connectivity index (χ3v) is 4.90. The molecular weight excluding hydrogens is 254 g/mol. The summed E-state index contributed by atoms with van der Waals surface area (Å²) in [6.07, 6.45) is 4.05. The molecule has 0 bridgehead atoms. The lowest BCUT2D eigenvalue weighted by Crippen LogP contribution is -2.34. The highest BCUT2D eigenvalue weighted by atomic mass is 32.1. The van der Waals surface area contributed by atoms with Gasteiger partial charge in [-0.2, -0.15) is 0 Å². The van der Waals surface area contributed by atoms with E-state index < -0.39 is 0 Å². The first-order valence-electron chi connectivity index (χ1n) is 7.12. The average Bonchev–Trinajstić information content (AvgIpc) is 2.78. The van der Waals surface area contributed by atoms with Crippen molar-refractivity contribution in [2.75, 3.05) is 18.8 Å². The van der Waals surface area contributed by atoms with Crippen molar-refractivity contribution < 1.29 is 0 Å². The van der Waals surface area contributed by atoms with Gasteiger partial charge in [0.05, 0.1) is 10.2 Å². The standard InChI is InChI=1S/C15H21N3S/c1-2-11-4-3-7-18(9-11)10-12-5-6-13-14(8-12)19-15(16)17-13/h5-6,8,11H,2-4,7,9-10H2,1H3,(H2,16,17). The summed E-state index contributed by atoms with van der Waals surface area (Å²) in [6.45, 7) is 5.85. The second-order valence-corrected chi connectivity index (χ2v) is 6.57. The Balaban J connectivity index is 1.73. The van der Waals surface area contributed by atoms with E-state index in [1.54, 1.807) is 11.3 Å². The molecule has 19 heavy (non-hydrogen) atoms. The molecule has 0 amide bonds. The fraction of sp³-hybridized carbons (Fsp3) is 0.533. The van der Waals surface area contributed by atoms with Crippen LogP contribution in [0.2, 0.25) is 0 Å². The number of nitrogens with two attached hydrogens (primary N) is 1. The molecule has 1 fully saturated rings. The molecule has 3 rings (SSSR count). The van der Waals surface area contributed by atoms with Crippen molar-refractivity contribution >= 4 is 26.7 Å². The molecule has 3 nitrogen and oxygen atoms in total. The van der Waals surface area contributed by atoms with Crippen molar-refractivity contribution in [1.29, 1.82) is 0 Å². The van der Waals surface area contributed by atoms with E-state index in [2.05, 4.69) is 35.0 Å². The molecule has 1 aliphatic heterocycles. The maximum absolute atomic E-state index is 5.76. The summed E-state index contributed by atoms with van der Waals surface area (Å²) in [6, 6.07) is 6.54. The van der Waals surface area contributed by atoms with Gasteiger partial charge in [0.25, 0.3) is 0 Å². The van der Waals surface area contributed by atoms with Crippen LogP contribution in [-0.2, 0) is 6.54 Å². The van der Waals surface area contributed by atoms with Crippen LogP contribution in [0, 0.1) is 5.92 Å². The highest BCUT2D eigenvalue weighted by molar-refractivity contribution is 7.22. The molecule has 1 unspecified atom stereocenters. The summed E-state index contributed by atoms with van der Waals surface area (Å²) in [7, 11) is 0. The Bertz CT molecular complexity index is 564. The van der Waals surface area contributed by atoms with Gasteiger partial charge in [-0.3, -0.25) is 4.90 Å². The van der Waals surface area contributed by atoms with E-state index in [-0.39, 0.29) is 0 Å². The van der Waals surface area contributed by atoms with E-state index >= 15 is 0 Å². The molecule has 0 saturated carbocycles. The van der Waals surface area contributed by atoms with Gasteiger partial charge in [-0.25, -0.2) is 4.98 Å². The summed E-state index contributed by atoms with van der Waals surface area (Å²) in [5.74, 6) is 0.886. The van der Waals surface area contributed by atoms with Crippen LogP contribution in [0.25, 0.3) is 10.2 Å². The summed E-state index contributed by atoms with van der Waals surface area (Å²) >= 11 is 1.58. The Morgan fingerprint density at radius 1 is 1.47 bits per heavy atom. The van der Waals surface area contributed by atoms with E-state index in [1.165, 1.54) is 42.6 Å². The number of benzene rings is 1. The first kappa shape index (κ1) is 12.9. The van der Waals surface area contributed by atoms with Crippen LogP contribution in [0.3, 0.4) is 0 Å². The highest BCUT2D eigenvalue weighted by Crippen LogP contribution is 2.26. The number of aromatic nitrogens is 1. The number of thiazole rings is 1. The summed E-state index contributed by atoms with van der Waals surface area (Å²) < 4.78 is 1.21. The van der Waals surface area contributed by atoms with Crippen molar-refractivity contribution in [1.82, 2.24) is 9.88 Å². The van der Waals surface area contributed by atoms with Gasteiger partial charge in [-0.1, -0.05) is 30.7 Å². The third-order valence-electron chi connectivity index (χ3n) is 4.06. The molecule has 102 valence electrons. The molecule has 2 N–H and O–H groups in total. The summed E-state index contributed by atoms with van der Waals surface area (Å²) in [5.41, 5.74) is 8.16. The number of nitrogens with zero attached hydrogens (tertiary/aromatic N) is 2.